The third-order valence-electron chi connectivity index (χ3n) is 3.81. The number of rotatable bonds is 3. The van der Waals surface area contributed by atoms with Crippen LogP contribution in [0.15, 0.2) is 65.7 Å². The standard InChI is InChI=1S/C19H13N3O3S/c23-15-8-4-5-12(9-15)17-13(10-16-18(24)20-19(25)26-16)11-22(21-17)14-6-2-1-3-7-14/h1-11,23H,(H,20,24,25)/b16-10+. The molecule has 1 aromatic heterocycles. The van der Waals surface area contributed by atoms with E-state index in [9.17, 15) is 14.7 Å². The first-order chi connectivity index (χ1) is 12.6. The van der Waals surface area contributed by atoms with Crippen LogP contribution in [-0.2, 0) is 4.79 Å². The van der Waals surface area contributed by atoms with Crippen LogP contribution < -0.4 is 5.32 Å². The minimum Gasteiger partial charge on any atom is -0.508 e. The van der Waals surface area contributed by atoms with E-state index in [1.54, 1.807) is 35.2 Å². The number of thioether (sulfide) groups is 1. The normalized spacial score (nSPS) is 15.5. The van der Waals surface area contributed by atoms with Crippen molar-refractivity contribution in [3.8, 4) is 22.7 Å². The van der Waals surface area contributed by atoms with Gasteiger partial charge in [0.05, 0.1) is 10.6 Å². The molecule has 0 spiro atoms. The topological polar surface area (TPSA) is 84.2 Å². The van der Waals surface area contributed by atoms with Gasteiger partial charge in [0.25, 0.3) is 11.1 Å². The molecule has 0 unspecified atom stereocenters. The Kier molecular flexibility index (Phi) is 4.06. The van der Waals surface area contributed by atoms with Gasteiger partial charge in [-0.2, -0.15) is 5.10 Å². The molecule has 1 aliphatic rings. The Hall–Kier alpha value is -3.32. The van der Waals surface area contributed by atoms with Crippen LogP contribution in [0, 0.1) is 0 Å². The number of benzene rings is 2. The number of hydrogen-bond acceptors (Lipinski definition) is 5. The number of nitrogens with zero attached hydrogens (tertiary/aromatic N) is 2. The van der Waals surface area contributed by atoms with Crippen molar-refractivity contribution in [3.05, 3.63) is 71.3 Å². The summed E-state index contributed by atoms with van der Waals surface area (Å²) in [6, 6.07) is 16.3. The number of hydrogen-bond donors (Lipinski definition) is 2. The number of carbonyl (C=O) groups excluding carboxylic acids is 2. The predicted molar refractivity (Wildman–Crippen MR) is 99.8 cm³/mol. The molecule has 0 radical (unpaired) electrons. The van der Waals surface area contributed by atoms with Gasteiger partial charge in [0.2, 0.25) is 0 Å². The molecule has 2 aromatic carbocycles. The van der Waals surface area contributed by atoms with Gasteiger partial charge in [0.15, 0.2) is 0 Å². The fourth-order valence-electron chi connectivity index (χ4n) is 2.65. The zero-order valence-corrected chi connectivity index (χ0v) is 14.2. The molecular formula is C19H13N3O3S. The van der Waals surface area contributed by atoms with Crippen LogP contribution in [0.2, 0.25) is 0 Å². The Balaban J connectivity index is 1.86. The van der Waals surface area contributed by atoms with Gasteiger partial charge in [-0.3, -0.25) is 14.9 Å². The van der Waals surface area contributed by atoms with Crippen LogP contribution in [-0.4, -0.2) is 26.0 Å². The second kappa shape index (κ2) is 6.53. The fraction of sp³-hybridized carbons (Fsp3) is 0. The van der Waals surface area contributed by atoms with E-state index < -0.39 is 11.1 Å². The number of aromatic hydroxyl groups is 1. The van der Waals surface area contributed by atoms with Crippen molar-refractivity contribution in [2.75, 3.05) is 0 Å². The van der Waals surface area contributed by atoms with Gasteiger partial charge in [0, 0.05) is 17.3 Å². The van der Waals surface area contributed by atoms with E-state index in [4.69, 9.17) is 0 Å². The second-order valence-corrected chi connectivity index (χ2v) is 6.63. The van der Waals surface area contributed by atoms with Crippen molar-refractivity contribution in [1.29, 1.82) is 0 Å². The van der Waals surface area contributed by atoms with Crippen molar-refractivity contribution < 1.29 is 14.7 Å². The lowest BCUT2D eigenvalue weighted by Gasteiger charge is -2.01. The van der Waals surface area contributed by atoms with E-state index in [1.165, 1.54) is 0 Å². The molecule has 2 amide bonds. The molecule has 2 heterocycles. The molecule has 3 aromatic rings. The number of carbonyl (C=O) groups is 2. The highest BCUT2D eigenvalue weighted by Gasteiger charge is 2.26. The van der Waals surface area contributed by atoms with Gasteiger partial charge in [-0.25, -0.2) is 4.68 Å². The van der Waals surface area contributed by atoms with E-state index in [2.05, 4.69) is 10.4 Å². The summed E-state index contributed by atoms with van der Waals surface area (Å²) < 4.78 is 1.70. The third kappa shape index (κ3) is 3.12. The third-order valence-corrected chi connectivity index (χ3v) is 4.62. The van der Waals surface area contributed by atoms with Gasteiger partial charge >= 0.3 is 0 Å². The molecule has 26 heavy (non-hydrogen) atoms. The zero-order chi connectivity index (χ0) is 18.1. The molecule has 0 bridgehead atoms. The number of para-hydroxylation sites is 1. The Bertz CT molecular complexity index is 1040. The summed E-state index contributed by atoms with van der Waals surface area (Å²) in [5.74, 6) is -0.298. The fourth-order valence-corrected chi connectivity index (χ4v) is 3.32. The van der Waals surface area contributed by atoms with E-state index in [-0.39, 0.29) is 5.75 Å². The maximum atomic E-state index is 11.9. The average molecular weight is 363 g/mol. The van der Waals surface area contributed by atoms with Gasteiger partial charge < -0.3 is 5.11 Å². The minimum absolute atomic E-state index is 0.124. The van der Waals surface area contributed by atoms with Gasteiger partial charge in [-0.15, -0.1) is 0 Å². The van der Waals surface area contributed by atoms with E-state index >= 15 is 0 Å². The molecule has 1 aliphatic heterocycles. The first-order valence-corrected chi connectivity index (χ1v) is 8.61. The van der Waals surface area contributed by atoms with Crippen molar-refractivity contribution in [1.82, 2.24) is 15.1 Å². The Morgan fingerprint density at radius 2 is 1.88 bits per heavy atom. The van der Waals surface area contributed by atoms with E-state index in [0.29, 0.717) is 21.7 Å². The quantitative estimate of drug-likeness (QED) is 0.695. The summed E-state index contributed by atoms with van der Waals surface area (Å²) in [4.78, 5) is 23.6. The molecule has 6 nitrogen and oxygen atoms in total. The lowest BCUT2D eigenvalue weighted by Crippen LogP contribution is -2.17. The lowest BCUT2D eigenvalue weighted by molar-refractivity contribution is -0.115. The van der Waals surface area contributed by atoms with E-state index in [0.717, 1.165) is 17.4 Å². The Morgan fingerprint density at radius 1 is 1.08 bits per heavy atom. The van der Waals surface area contributed by atoms with Crippen LogP contribution >= 0.6 is 11.8 Å². The highest BCUT2D eigenvalue weighted by Crippen LogP contribution is 2.31. The molecule has 128 valence electrons. The molecular weight excluding hydrogens is 350 g/mol. The number of phenols is 1. The van der Waals surface area contributed by atoms with Crippen LogP contribution in [0.3, 0.4) is 0 Å². The minimum atomic E-state index is -0.422. The SMILES string of the molecule is O=C1NC(=O)/C(=C\c2cn(-c3ccccc3)nc2-c2cccc(O)c2)S1. The summed E-state index contributed by atoms with van der Waals surface area (Å²) in [7, 11) is 0. The smallest absolute Gasteiger partial charge is 0.290 e. The second-order valence-electron chi connectivity index (χ2n) is 5.62. The first kappa shape index (κ1) is 16.2. The van der Waals surface area contributed by atoms with Gasteiger partial charge in [-0.1, -0.05) is 30.3 Å². The van der Waals surface area contributed by atoms with Gasteiger partial charge in [-0.05, 0) is 42.1 Å². The van der Waals surface area contributed by atoms with Gasteiger partial charge in [0.1, 0.15) is 11.4 Å². The molecule has 1 fully saturated rings. The van der Waals surface area contributed by atoms with Crippen molar-refractivity contribution in [3.63, 3.8) is 0 Å². The highest BCUT2D eigenvalue weighted by molar-refractivity contribution is 8.18. The zero-order valence-electron chi connectivity index (χ0n) is 13.4. The van der Waals surface area contributed by atoms with Crippen molar-refractivity contribution >= 4 is 29.0 Å². The highest BCUT2D eigenvalue weighted by atomic mass is 32.2. The molecule has 4 rings (SSSR count). The van der Waals surface area contributed by atoms with Crippen LogP contribution in [0.1, 0.15) is 5.56 Å². The largest absolute Gasteiger partial charge is 0.508 e. The summed E-state index contributed by atoms with van der Waals surface area (Å²) >= 11 is 0.856. The van der Waals surface area contributed by atoms with Crippen LogP contribution in [0.25, 0.3) is 23.0 Å². The van der Waals surface area contributed by atoms with Crippen molar-refractivity contribution in [2.24, 2.45) is 0 Å². The Morgan fingerprint density at radius 3 is 2.58 bits per heavy atom. The average Bonchev–Trinajstić information content (AvgIpc) is 3.19. The molecule has 1 saturated heterocycles. The number of amides is 2. The van der Waals surface area contributed by atoms with Crippen molar-refractivity contribution in [2.45, 2.75) is 0 Å². The molecule has 0 saturated carbocycles. The Labute approximate surface area is 153 Å². The number of aromatic nitrogens is 2. The summed E-state index contributed by atoms with van der Waals surface area (Å²) in [6.07, 6.45) is 3.43. The number of phenolic OH excluding ortho intramolecular Hbond substituents is 1. The van der Waals surface area contributed by atoms with E-state index in [1.807, 2.05) is 36.4 Å². The molecule has 7 heteroatoms. The number of nitrogens with one attached hydrogen (secondary N) is 1. The summed E-state index contributed by atoms with van der Waals surface area (Å²) in [6.45, 7) is 0. The maximum absolute atomic E-state index is 11.9. The lowest BCUT2D eigenvalue weighted by atomic mass is 10.1. The summed E-state index contributed by atoms with van der Waals surface area (Å²) in [5.41, 5.74) is 2.84. The monoisotopic (exact) mass is 363 g/mol. The molecule has 2 N–H and O–H groups in total. The molecule has 0 atom stereocenters. The first-order valence-electron chi connectivity index (χ1n) is 7.79. The van der Waals surface area contributed by atoms with Crippen LogP contribution in [0.5, 0.6) is 5.75 Å². The molecule has 0 aliphatic carbocycles. The maximum Gasteiger partial charge on any atom is 0.290 e. The van der Waals surface area contributed by atoms with Crippen LogP contribution in [0.4, 0.5) is 4.79 Å². The summed E-state index contributed by atoms with van der Waals surface area (Å²) in [5, 5.41) is 16.3. The number of imide groups is 1. The predicted octanol–water partition coefficient (Wildman–Crippen LogP) is 3.57.